The minimum absolute atomic E-state index is 0.267. The Morgan fingerprint density at radius 2 is 1.62 bits per heavy atom. The number of hydrogen-bond acceptors (Lipinski definition) is 8. The van der Waals surface area contributed by atoms with Gasteiger partial charge in [0.2, 0.25) is 0 Å². The van der Waals surface area contributed by atoms with Gasteiger partial charge in [-0.1, -0.05) is 59.8 Å². The summed E-state index contributed by atoms with van der Waals surface area (Å²) in [6, 6.07) is 26.7. The first-order chi connectivity index (χ1) is 19.1. The zero-order chi connectivity index (χ0) is 26.6. The third-order valence-electron chi connectivity index (χ3n) is 7.06. The molecule has 0 amide bonds. The highest BCUT2D eigenvalue weighted by atomic mass is 32.1. The topological polar surface area (TPSA) is 74.9 Å². The molecule has 7 nitrogen and oxygen atoms in total. The molecule has 1 saturated heterocycles. The van der Waals surface area contributed by atoms with Crippen LogP contribution in [-0.2, 0) is 6.54 Å². The zero-order valence-electron chi connectivity index (χ0n) is 22.0. The SMILES string of the molecule is Cc1nc2cc(OC[C@@H](O)CN3CCN(Cc4cc(-c5ccc(-c6ccccc6)cc5)on4)CC3)ccc2s1. The molecule has 8 heteroatoms. The summed E-state index contributed by atoms with van der Waals surface area (Å²) in [5.74, 6) is 1.53. The second-order valence-electron chi connectivity index (χ2n) is 10.0. The first-order valence-electron chi connectivity index (χ1n) is 13.3. The van der Waals surface area contributed by atoms with Crippen LogP contribution < -0.4 is 4.74 Å². The molecular formula is C31H32N4O3S. The minimum atomic E-state index is -0.546. The summed E-state index contributed by atoms with van der Waals surface area (Å²) in [5, 5.41) is 15.9. The maximum absolute atomic E-state index is 10.6. The Bertz CT molecular complexity index is 1510. The van der Waals surface area contributed by atoms with E-state index in [1.165, 1.54) is 11.1 Å². The molecule has 1 N–H and O–H groups in total. The van der Waals surface area contributed by atoms with Gasteiger partial charge in [0.25, 0.3) is 0 Å². The van der Waals surface area contributed by atoms with E-state index in [9.17, 15) is 5.11 Å². The number of piperazine rings is 1. The monoisotopic (exact) mass is 540 g/mol. The second-order valence-corrected chi connectivity index (χ2v) is 11.3. The molecule has 3 aromatic carbocycles. The Balaban J connectivity index is 0.951. The van der Waals surface area contributed by atoms with E-state index in [4.69, 9.17) is 9.26 Å². The van der Waals surface area contributed by atoms with Crippen molar-refractivity contribution in [2.75, 3.05) is 39.3 Å². The van der Waals surface area contributed by atoms with E-state index in [0.29, 0.717) is 6.54 Å². The van der Waals surface area contributed by atoms with Crippen molar-refractivity contribution < 1.29 is 14.4 Å². The highest BCUT2D eigenvalue weighted by molar-refractivity contribution is 7.18. The highest BCUT2D eigenvalue weighted by Crippen LogP contribution is 2.27. The van der Waals surface area contributed by atoms with Crippen molar-refractivity contribution in [3.63, 3.8) is 0 Å². The molecule has 2 aromatic heterocycles. The lowest BCUT2D eigenvalue weighted by molar-refractivity contribution is 0.0442. The standard InChI is InChI=1S/C31H32N4O3S/c1-22-32-29-18-28(11-12-31(29)39-22)37-21-27(36)20-35-15-13-34(14-16-35)19-26-17-30(38-33-26)25-9-7-24(8-10-25)23-5-3-2-4-6-23/h2-12,17-18,27,36H,13-16,19-21H2,1H3/t27-/m0/s1. The van der Waals surface area contributed by atoms with E-state index in [1.807, 2.05) is 37.3 Å². The van der Waals surface area contributed by atoms with E-state index < -0.39 is 6.10 Å². The molecule has 6 rings (SSSR count). The molecule has 5 aromatic rings. The molecule has 0 spiro atoms. The number of aryl methyl sites for hydroxylation is 1. The number of aliphatic hydroxyl groups is 1. The van der Waals surface area contributed by atoms with E-state index in [1.54, 1.807) is 11.3 Å². The number of fused-ring (bicyclic) bond motifs is 1. The van der Waals surface area contributed by atoms with Crippen LogP contribution in [0.25, 0.3) is 32.7 Å². The minimum Gasteiger partial charge on any atom is -0.491 e. The predicted octanol–water partition coefficient (Wildman–Crippen LogP) is 5.48. The van der Waals surface area contributed by atoms with Crippen molar-refractivity contribution in [1.82, 2.24) is 19.9 Å². The molecular weight excluding hydrogens is 508 g/mol. The molecule has 1 aliphatic rings. The van der Waals surface area contributed by atoms with Crippen molar-refractivity contribution in [1.29, 1.82) is 0 Å². The van der Waals surface area contributed by atoms with Gasteiger partial charge in [-0.15, -0.1) is 11.3 Å². The summed E-state index contributed by atoms with van der Waals surface area (Å²) in [6.45, 7) is 7.25. The maximum atomic E-state index is 10.6. The molecule has 0 saturated carbocycles. The van der Waals surface area contributed by atoms with Crippen molar-refractivity contribution in [3.05, 3.63) is 89.6 Å². The molecule has 1 fully saturated rings. The van der Waals surface area contributed by atoms with Gasteiger partial charge < -0.3 is 14.4 Å². The van der Waals surface area contributed by atoms with Crippen LogP contribution in [0.4, 0.5) is 0 Å². The molecule has 200 valence electrons. The molecule has 0 bridgehead atoms. The fourth-order valence-electron chi connectivity index (χ4n) is 4.99. The van der Waals surface area contributed by atoms with Gasteiger partial charge >= 0.3 is 0 Å². The second kappa shape index (κ2) is 11.7. The van der Waals surface area contributed by atoms with Crippen molar-refractivity contribution in [2.45, 2.75) is 19.6 Å². The highest BCUT2D eigenvalue weighted by Gasteiger charge is 2.21. The van der Waals surface area contributed by atoms with Crippen LogP contribution in [0, 0.1) is 6.92 Å². The number of hydrogen-bond donors (Lipinski definition) is 1. The fraction of sp³-hybridized carbons (Fsp3) is 0.290. The average molecular weight is 541 g/mol. The van der Waals surface area contributed by atoms with Gasteiger partial charge in [-0.3, -0.25) is 9.80 Å². The molecule has 0 aliphatic carbocycles. The van der Waals surface area contributed by atoms with Crippen LogP contribution in [0.5, 0.6) is 5.75 Å². The van der Waals surface area contributed by atoms with Crippen LogP contribution in [0.15, 0.2) is 83.4 Å². The number of aromatic nitrogens is 2. The fourth-order valence-corrected chi connectivity index (χ4v) is 5.80. The third kappa shape index (κ3) is 6.37. The Hall–Kier alpha value is -3.56. The van der Waals surface area contributed by atoms with Crippen LogP contribution in [-0.4, -0.2) is 70.5 Å². The van der Waals surface area contributed by atoms with Crippen LogP contribution in [0.1, 0.15) is 10.7 Å². The number of ether oxygens (including phenoxy) is 1. The molecule has 1 atom stereocenters. The predicted molar refractivity (Wildman–Crippen MR) is 155 cm³/mol. The summed E-state index contributed by atoms with van der Waals surface area (Å²) in [4.78, 5) is 9.19. The number of β-amino-alcohol motifs (C(OH)–C–C–N with tert-alkyl or cyclic N) is 1. The van der Waals surface area contributed by atoms with Gasteiger partial charge in [-0.05, 0) is 30.2 Å². The molecule has 0 unspecified atom stereocenters. The number of aliphatic hydroxyl groups excluding tert-OH is 1. The van der Waals surface area contributed by atoms with Gasteiger partial charge in [0.1, 0.15) is 18.5 Å². The normalized spacial score (nSPS) is 15.5. The van der Waals surface area contributed by atoms with Crippen LogP contribution in [0.2, 0.25) is 0 Å². The quantitative estimate of drug-likeness (QED) is 0.265. The Morgan fingerprint density at radius 3 is 2.41 bits per heavy atom. The van der Waals surface area contributed by atoms with Crippen LogP contribution >= 0.6 is 11.3 Å². The van der Waals surface area contributed by atoms with Gasteiger partial charge in [0.05, 0.1) is 20.9 Å². The summed E-state index contributed by atoms with van der Waals surface area (Å²) in [5.41, 5.74) is 5.29. The molecule has 39 heavy (non-hydrogen) atoms. The molecule has 0 radical (unpaired) electrons. The van der Waals surface area contributed by atoms with E-state index in [0.717, 1.165) is 70.7 Å². The summed E-state index contributed by atoms with van der Waals surface area (Å²) < 4.78 is 12.7. The number of benzene rings is 3. The summed E-state index contributed by atoms with van der Waals surface area (Å²) in [7, 11) is 0. The van der Waals surface area contributed by atoms with Gasteiger partial charge in [-0.2, -0.15) is 0 Å². The van der Waals surface area contributed by atoms with Gasteiger partial charge in [0, 0.05) is 57.0 Å². The Labute approximate surface area is 232 Å². The third-order valence-corrected chi connectivity index (χ3v) is 8.02. The zero-order valence-corrected chi connectivity index (χ0v) is 22.8. The molecule has 3 heterocycles. The van der Waals surface area contributed by atoms with E-state index in [2.05, 4.69) is 68.5 Å². The number of nitrogens with zero attached hydrogens (tertiary/aromatic N) is 4. The van der Waals surface area contributed by atoms with Gasteiger partial charge in [-0.25, -0.2) is 4.98 Å². The lowest BCUT2D eigenvalue weighted by Crippen LogP contribution is -2.48. The Morgan fingerprint density at radius 1 is 0.897 bits per heavy atom. The van der Waals surface area contributed by atoms with Crippen molar-refractivity contribution in [2.24, 2.45) is 0 Å². The largest absolute Gasteiger partial charge is 0.491 e. The van der Waals surface area contributed by atoms with Crippen LogP contribution in [0.3, 0.4) is 0 Å². The summed E-state index contributed by atoms with van der Waals surface area (Å²) >= 11 is 1.67. The average Bonchev–Trinajstić information content (AvgIpc) is 3.59. The van der Waals surface area contributed by atoms with Gasteiger partial charge in [0.15, 0.2) is 5.76 Å². The maximum Gasteiger partial charge on any atom is 0.167 e. The number of thiazole rings is 1. The lowest BCUT2D eigenvalue weighted by atomic mass is 10.0. The van der Waals surface area contributed by atoms with Crippen molar-refractivity contribution >= 4 is 21.6 Å². The summed E-state index contributed by atoms with van der Waals surface area (Å²) in [6.07, 6.45) is -0.546. The molecule has 1 aliphatic heterocycles. The lowest BCUT2D eigenvalue weighted by Gasteiger charge is -2.35. The van der Waals surface area contributed by atoms with E-state index in [-0.39, 0.29) is 6.61 Å². The van der Waals surface area contributed by atoms with E-state index >= 15 is 0 Å². The number of rotatable bonds is 9. The smallest absolute Gasteiger partial charge is 0.167 e. The van der Waals surface area contributed by atoms with Crippen molar-refractivity contribution in [3.8, 4) is 28.2 Å². The first kappa shape index (κ1) is 25.7. The Kier molecular flexibility index (Phi) is 7.69. The first-order valence-corrected chi connectivity index (χ1v) is 14.1.